The zero-order valence-electron chi connectivity index (χ0n) is 13.8. The average molecular weight is 322 g/mol. The molecular formula is C18H18N4O2. The third kappa shape index (κ3) is 3.12. The maximum Gasteiger partial charge on any atom is 0.255 e. The van der Waals surface area contributed by atoms with Crippen LogP contribution < -0.4 is 10.9 Å². The first-order valence-electron chi connectivity index (χ1n) is 7.54. The molecule has 24 heavy (non-hydrogen) atoms. The Morgan fingerprint density at radius 2 is 2.00 bits per heavy atom. The highest BCUT2D eigenvalue weighted by atomic mass is 16.1. The lowest BCUT2D eigenvalue weighted by Crippen LogP contribution is -2.18. The summed E-state index contributed by atoms with van der Waals surface area (Å²) in [6, 6.07) is 8.79. The Bertz CT molecular complexity index is 969. The topological polar surface area (TPSA) is 68.9 Å². The van der Waals surface area contributed by atoms with Crippen LogP contribution in [0.3, 0.4) is 0 Å². The van der Waals surface area contributed by atoms with Gasteiger partial charge in [0.1, 0.15) is 0 Å². The minimum Gasteiger partial charge on any atom is -0.326 e. The molecule has 1 N–H and O–H groups in total. The van der Waals surface area contributed by atoms with Crippen molar-refractivity contribution >= 4 is 11.6 Å². The fourth-order valence-corrected chi connectivity index (χ4v) is 2.63. The summed E-state index contributed by atoms with van der Waals surface area (Å²) in [4.78, 5) is 23.6. The molecule has 2 heterocycles. The maximum absolute atomic E-state index is 12.4. The molecule has 0 radical (unpaired) electrons. The number of rotatable bonds is 3. The van der Waals surface area contributed by atoms with E-state index in [4.69, 9.17) is 0 Å². The second-order valence-corrected chi connectivity index (χ2v) is 5.71. The summed E-state index contributed by atoms with van der Waals surface area (Å²) in [6.45, 7) is 3.35. The van der Waals surface area contributed by atoms with Crippen LogP contribution in [0.5, 0.6) is 0 Å². The minimum absolute atomic E-state index is 0.125. The van der Waals surface area contributed by atoms with Crippen molar-refractivity contribution in [3.8, 4) is 16.8 Å². The van der Waals surface area contributed by atoms with Crippen LogP contribution in [0, 0.1) is 6.92 Å². The largest absolute Gasteiger partial charge is 0.326 e. The number of amides is 1. The van der Waals surface area contributed by atoms with Gasteiger partial charge in [-0.1, -0.05) is 6.07 Å². The van der Waals surface area contributed by atoms with Crippen molar-refractivity contribution in [2.75, 3.05) is 5.32 Å². The van der Waals surface area contributed by atoms with Gasteiger partial charge in [-0.3, -0.25) is 18.8 Å². The van der Waals surface area contributed by atoms with Crippen molar-refractivity contribution in [3.05, 3.63) is 64.8 Å². The molecule has 0 aliphatic carbocycles. The van der Waals surface area contributed by atoms with E-state index in [1.54, 1.807) is 39.7 Å². The van der Waals surface area contributed by atoms with E-state index in [2.05, 4.69) is 10.4 Å². The first kappa shape index (κ1) is 15.7. The molecule has 0 aliphatic heterocycles. The van der Waals surface area contributed by atoms with Crippen LogP contribution in [0.1, 0.15) is 12.5 Å². The lowest BCUT2D eigenvalue weighted by molar-refractivity contribution is -0.114. The highest BCUT2D eigenvalue weighted by Crippen LogP contribution is 2.23. The van der Waals surface area contributed by atoms with Crippen LogP contribution in [-0.4, -0.2) is 20.3 Å². The monoisotopic (exact) mass is 322 g/mol. The molecular weight excluding hydrogens is 304 g/mol. The molecule has 0 atom stereocenters. The quantitative estimate of drug-likeness (QED) is 0.805. The van der Waals surface area contributed by atoms with Crippen LogP contribution in [0.25, 0.3) is 16.8 Å². The van der Waals surface area contributed by atoms with Crippen molar-refractivity contribution in [2.24, 2.45) is 7.05 Å². The van der Waals surface area contributed by atoms with Gasteiger partial charge in [-0.2, -0.15) is 5.10 Å². The van der Waals surface area contributed by atoms with Gasteiger partial charge in [0.2, 0.25) is 5.91 Å². The van der Waals surface area contributed by atoms with Gasteiger partial charge in [-0.25, -0.2) is 0 Å². The van der Waals surface area contributed by atoms with E-state index in [1.165, 1.54) is 6.92 Å². The number of aromatic nitrogens is 3. The number of benzene rings is 1. The van der Waals surface area contributed by atoms with Crippen LogP contribution in [0.4, 0.5) is 5.69 Å². The summed E-state index contributed by atoms with van der Waals surface area (Å²) in [6.07, 6.45) is 5.48. The molecule has 1 amide bonds. The van der Waals surface area contributed by atoms with Gasteiger partial charge >= 0.3 is 0 Å². The minimum atomic E-state index is -0.153. The second-order valence-electron chi connectivity index (χ2n) is 5.71. The lowest BCUT2D eigenvalue weighted by atomic mass is 10.1. The fourth-order valence-electron chi connectivity index (χ4n) is 2.63. The zero-order valence-corrected chi connectivity index (χ0v) is 13.8. The summed E-state index contributed by atoms with van der Waals surface area (Å²) in [5.74, 6) is -0.153. The van der Waals surface area contributed by atoms with Gasteiger partial charge in [0.15, 0.2) is 0 Å². The van der Waals surface area contributed by atoms with Gasteiger partial charge in [-0.05, 0) is 30.7 Å². The van der Waals surface area contributed by atoms with Gasteiger partial charge in [-0.15, -0.1) is 0 Å². The molecule has 0 unspecified atom stereocenters. The van der Waals surface area contributed by atoms with Crippen LogP contribution >= 0.6 is 0 Å². The van der Waals surface area contributed by atoms with Crippen molar-refractivity contribution in [2.45, 2.75) is 13.8 Å². The van der Waals surface area contributed by atoms with Gasteiger partial charge < -0.3 is 5.32 Å². The number of hydrogen-bond acceptors (Lipinski definition) is 3. The molecule has 0 spiro atoms. The first-order valence-corrected chi connectivity index (χ1v) is 7.54. The molecule has 122 valence electrons. The second kappa shape index (κ2) is 6.16. The SMILES string of the molecule is CC(=O)Nc1cccc(-n2cc(-c3cnn(C)c3)c(C)cc2=O)c1. The number of nitrogens with zero attached hydrogens (tertiary/aromatic N) is 3. The molecule has 3 aromatic rings. The average Bonchev–Trinajstić information content (AvgIpc) is 2.93. The number of anilines is 1. The molecule has 6 heteroatoms. The summed E-state index contributed by atoms with van der Waals surface area (Å²) in [5, 5.41) is 6.92. The van der Waals surface area contributed by atoms with E-state index < -0.39 is 0 Å². The predicted octanol–water partition coefficient (Wildman–Crippen LogP) is 2.50. The van der Waals surface area contributed by atoms with E-state index in [0.717, 1.165) is 16.7 Å². The van der Waals surface area contributed by atoms with Crippen LogP contribution in [-0.2, 0) is 11.8 Å². The molecule has 3 rings (SSSR count). The van der Waals surface area contributed by atoms with Gasteiger partial charge in [0, 0.05) is 49.2 Å². The lowest BCUT2D eigenvalue weighted by Gasteiger charge is -2.11. The zero-order chi connectivity index (χ0) is 17.3. The van der Waals surface area contributed by atoms with E-state index in [9.17, 15) is 9.59 Å². The molecule has 2 aromatic heterocycles. The maximum atomic E-state index is 12.4. The van der Waals surface area contributed by atoms with Crippen molar-refractivity contribution < 1.29 is 4.79 Å². The summed E-state index contributed by atoms with van der Waals surface area (Å²) in [7, 11) is 1.85. The van der Waals surface area contributed by atoms with E-state index in [0.29, 0.717) is 11.4 Å². The number of carbonyl (C=O) groups excluding carboxylic acids is 1. The Morgan fingerprint density at radius 1 is 1.21 bits per heavy atom. The third-order valence-electron chi connectivity index (χ3n) is 3.72. The standard InChI is InChI=1S/C18H18N4O2/c1-12-7-18(24)22(11-17(12)14-9-19-21(3)10-14)16-6-4-5-15(8-16)20-13(2)23/h4-11H,1-3H3,(H,20,23). The van der Waals surface area contributed by atoms with E-state index >= 15 is 0 Å². The van der Waals surface area contributed by atoms with Crippen molar-refractivity contribution in [3.63, 3.8) is 0 Å². The summed E-state index contributed by atoms with van der Waals surface area (Å²) in [5.41, 5.74) is 3.99. The first-order chi connectivity index (χ1) is 11.4. The van der Waals surface area contributed by atoms with Crippen molar-refractivity contribution in [1.82, 2.24) is 14.3 Å². The van der Waals surface area contributed by atoms with Crippen LogP contribution in [0.15, 0.2) is 53.7 Å². The fraction of sp³-hybridized carbons (Fsp3) is 0.167. The number of hydrogen-bond donors (Lipinski definition) is 1. The summed E-state index contributed by atoms with van der Waals surface area (Å²) < 4.78 is 3.29. The number of aryl methyl sites for hydroxylation is 2. The molecule has 0 saturated carbocycles. The predicted molar refractivity (Wildman–Crippen MR) is 93.3 cm³/mol. The Labute approximate surface area is 139 Å². The number of carbonyl (C=O) groups is 1. The van der Waals surface area contributed by atoms with E-state index in [1.807, 2.05) is 32.4 Å². The Hall–Kier alpha value is -3.15. The molecule has 0 fully saturated rings. The Morgan fingerprint density at radius 3 is 2.67 bits per heavy atom. The molecule has 0 saturated heterocycles. The molecule has 0 bridgehead atoms. The van der Waals surface area contributed by atoms with Crippen LogP contribution in [0.2, 0.25) is 0 Å². The summed E-state index contributed by atoms with van der Waals surface area (Å²) >= 11 is 0. The number of nitrogens with one attached hydrogen (secondary N) is 1. The molecule has 0 aliphatic rings. The number of pyridine rings is 1. The Balaban J connectivity index is 2.11. The Kier molecular flexibility index (Phi) is 4.04. The normalized spacial score (nSPS) is 10.6. The highest BCUT2D eigenvalue weighted by molar-refractivity contribution is 5.88. The highest BCUT2D eigenvalue weighted by Gasteiger charge is 2.09. The van der Waals surface area contributed by atoms with E-state index in [-0.39, 0.29) is 11.5 Å². The smallest absolute Gasteiger partial charge is 0.255 e. The third-order valence-corrected chi connectivity index (χ3v) is 3.72. The molecule has 6 nitrogen and oxygen atoms in total. The van der Waals surface area contributed by atoms with Gasteiger partial charge in [0.25, 0.3) is 5.56 Å². The molecule has 1 aromatic carbocycles. The van der Waals surface area contributed by atoms with Crippen molar-refractivity contribution in [1.29, 1.82) is 0 Å². The van der Waals surface area contributed by atoms with Gasteiger partial charge in [0.05, 0.1) is 11.9 Å².